The van der Waals surface area contributed by atoms with E-state index in [0.29, 0.717) is 0 Å². The number of rotatable bonds is 6. The molecular weight excluding hydrogens is 222 g/mol. The lowest BCUT2D eigenvalue weighted by Gasteiger charge is -2.14. The topological polar surface area (TPSA) is 31.1 Å². The molecule has 2 aromatic rings. The Hall–Kier alpha value is -1.58. The minimum Gasteiger partial charge on any atom is -0.364 e. The average Bonchev–Trinajstić information content (AvgIpc) is 2.84. The van der Waals surface area contributed by atoms with Gasteiger partial charge in [-0.15, -0.1) is 0 Å². The summed E-state index contributed by atoms with van der Waals surface area (Å²) in [5.41, 5.74) is 3.99. The number of aromatic nitrogens is 1. The fourth-order valence-electron chi connectivity index (χ4n) is 2.03. The Labute approximate surface area is 109 Å². The molecule has 2 N–H and O–H groups in total. The summed E-state index contributed by atoms with van der Waals surface area (Å²) in [6.45, 7) is 2.77. The van der Waals surface area contributed by atoms with Gasteiger partial charge in [0.25, 0.3) is 0 Å². The molecule has 0 radical (unpaired) electrons. The Bertz CT molecular complexity index is 460. The van der Waals surface area contributed by atoms with Gasteiger partial charge in [-0.2, -0.15) is 0 Å². The van der Waals surface area contributed by atoms with E-state index in [1.54, 1.807) is 0 Å². The van der Waals surface area contributed by atoms with Gasteiger partial charge in [0, 0.05) is 31.5 Å². The predicted octanol–water partition coefficient (Wildman–Crippen LogP) is 2.37. The van der Waals surface area contributed by atoms with E-state index in [9.17, 15) is 0 Å². The van der Waals surface area contributed by atoms with Gasteiger partial charge in [0.2, 0.25) is 0 Å². The highest BCUT2D eigenvalue weighted by Crippen LogP contribution is 2.10. The van der Waals surface area contributed by atoms with E-state index in [-0.39, 0.29) is 0 Å². The molecule has 0 aliphatic carbocycles. The third kappa shape index (κ3) is 3.72. The maximum absolute atomic E-state index is 3.47. The Morgan fingerprint density at radius 1 is 1.00 bits per heavy atom. The number of aromatic amines is 1. The predicted molar refractivity (Wildman–Crippen MR) is 75.2 cm³/mol. The average molecular weight is 243 g/mol. The summed E-state index contributed by atoms with van der Waals surface area (Å²) < 4.78 is 0. The van der Waals surface area contributed by atoms with Crippen LogP contribution in [-0.2, 0) is 19.6 Å². The van der Waals surface area contributed by atoms with Gasteiger partial charge in [-0.1, -0.05) is 24.3 Å². The fourth-order valence-corrected chi connectivity index (χ4v) is 2.03. The van der Waals surface area contributed by atoms with Gasteiger partial charge in [0.15, 0.2) is 0 Å². The lowest BCUT2D eigenvalue weighted by molar-refractivity contribution is 0.400. The molecule has 0 fully saturated rings. The zero-order valence-electron chi connectivity index (χ0n) is 11.1. The Morgan fingerprint density at radius 2 is 1.78 bits per heavy atom. The third-order valence-corrected chi connectivity index (χ3v) is 2.90. The Morgan fingerprint density at radius 3 is 2.44 bits per heavy atom. The highest BCUT2D eigenvalue weighted by Gasteiger charge is 2.02. The third-order valence-electron chi connectivity index (χ3n) is 2.90. The largest absolute Gasteiger partial charge is 0.364 e. The molecule has 0 saturated carbocycles. The van der Waals surface area contributed by atoms with Gasteiger partial charge in [0.1, 0.15) is 0 Å². The zero-order chi connectivity index (χ0) is 12.8. The minimum absolute atomic E-state index is 0.878. The Balaban J connectivity index is 1.92. The molecule has 0 aliphatic rings. The first kappa shape index (κ1) is 12.9. The molecule has 0 atom stereocenters. The van der Waals surface area contributed by atoms with Crippen LogP contribution in [0.3, 0.4) is 0 Å². The van der Waals surface area contributed by atoms with Crippen molar-refractivity contribution in [3.05, 3.63) is 59.4 Å². The molecule has 0 amide bonds. The van der Waals surface area contributed by atoms with E-state index in [1.165, 1.54) is 16.8 Å². The minimum atomic E-state index is 0.878. The first-order valence-corrected chi connectivity index (χ1v) is 6.30. The molecule has 1 heterocycles. The van der Waals surface area contributed by atoms with E-state index < -0.39 is 0 Å². The molecule has 18 heavy (non-hydrogen) atoms. The van der Waals surface area contributed by atoms with Crippen molar-refractivity contribution in [1.29, 1.82) is 0 Å². The first-order valence-electron chi connectivity index (χ1n) is 6.30. The zero-order valence-corrected chi connectivity index (χ0v) is 11.1. The monoisotopic (exact) mass is 243 g/mol. The first-order chi connectivity index (χ1) is 8.75. The molecular formula is C15H21N3. The molecule has 0 aliphatic heterocycles. The smallest absolute Gasteiger partial charge is 0.0360 e. The lowest BCUT2D eigenvalue weighted by atomic mass is 10.1. The molecule has 0 saturated heterocycles. The summed E-state index contributed by atoms with van der Waals surface area (Å²) in [6.07, 6.45) is 1.96. The van der Waals surface area contributed by atoms with Gasteiger partial charge in [-0.05, 0) is 37.4 Å². The SMILES string of the molecule is CN(C)Cc1ccccc1CNCc1ccc[nH]1. The van der Waals surface area contributed by atoms with Crippen molar-refractivity contribution in [3.63, 3.8) is 0 Å². The fraction of sp³-hybridized carbons (Fsp3) is 0.333. The number of nitrogens with zero attached hydrogens (tertiary/aromatic N) is 1. The quantitative estimate of drug-likeness (QED) is 0.816. The molecule has 2 rings (SSSR count). The molecule has 0 unspecified atom stereocenters. The summed E-state index contributed by atoms with van der Waals surface area (Å²) in [5, 5.41) is 3.47. The van der Waals surface area contributed by atoms with E-state index in [1.807, 2.05) is 12.3 Å². The van der Waals surface area contributed by atoms with Crippen molar-refractivity contribution in [2.75, 3.05) is 14.1 Å². The molecule has 96 valence electrons. The van der Waals surface area contributed by atoms with Crippen LogP contribution in [0.4, 0.5) is 0 Å². The van der Waals surface area contributed by atoms with Crippen LogP contribution in [0.2, 0.25) is 0 Å². The second-order valence-corrected chi connectivity index (χ2v) is 4.81. The highest BCUT2D eigenvalue weighted by molar-refractivity contribution is 5.27. The van der Waals surface area contributed by atoms with Crippen molar-refractivity contribution in [2.45, 2.75) is 19.6 Å². The molecule has 0 spiro atoms. The molecule has 1 aromatic carbocycles. The van der Waals surface area contributed by atoms with Crippen molar-refractivity contribution < 1.29 is 0 Å². The van der Waals surface area contributed by atoms with Crippen LogP contribution in [0.5, 0.6) is 0 Å². The van der Waals surface area contributed by atoms with Gasteiger partial charge in [-0.25, -0.2) is 0 Å². The van der Waals surface area contributed by atoms with Gasteiger partial charge < -0.3 is 15.2 Å². The summed E-state index contributed by atoms with van der Waals surface area (Å²) in [5.74, 6) is 0. The van der Waals surface area contributed by atoms with Crippen LogP contribution in [0.1, 0.15) is 16.8 Å². The van der Waals surface area contributed by atoms with Gasteiger partial charge >= 0.3 is 0 Å². The van der Waals surface area contributed by atoms with E-state index in [0.717, 1.165) is 19.6 Å². The molecule has 3 nitrogen and oxygen atoms in total. The molecule has 3 heteroatoms. The Kier molecular flexibility index (Phi) is 4.56. The second-order valence-electron chi connectivity index (χ2n) is 4.81. The van der Waals surface area contributed by atoms with Crippen LogP contribution in [-0.4, -0.2) is 24.0 Å². The van der Waals surface area contributed by atoms with Crippen LogP contribution in [0, 0.1) is 0 Å². The van der Waals surface area contributed by atoms with Gasteiger partial charge in [0.05, 0.1) is 0 Å². The normalized spacial score (nSPS) is 11.1. The van der Waals surface area contributed by atoms with E-state index >= 15 is 0 Å². The molecule has 1 aromatic heterocycles. The number of H-pyrrole nitrogens is 1. The van der Waals surface area contributed by atoms with Crippen molar-refractivity contribution in [3.8, 4) is 0 Å². The maximum Gasteiger partial charge on any atom is 0.0360 e. The number of hydrogen-bond acceptors (Lipinski definition) is 2. The van der Waals surface area contributed by atoms with Crippen LogP contribution in [0.15, 0.2) is 42.6 Å². The van der Waals surface area contributed by atoms with Crippen molar-refractivity contribution >= 4 is 0 Å². The lowest BCUT2D eigenvalue weighted by Crippen LogP contribution is -2.17. The number of hydrogen-bond donors (Lipinski definition) is 2. The molecule has 0 bridgehead atoms. The number of benzene rings is 1. The van der Waals surface area contributed by atoms with Crippen LogP contribution in [0.25, 0.3) is 0 Å². The summed E-state index contributed by atoms with van der Waals surface area (Å²) in [6, 6.07) is 12.7. The summed E-state index contributed by atoms with van der Waals surface area (Å²) in [7, 11) is 4.20. The highest BCUT2D eigenvalue weighted by atomic mass is 15.0. The van der Waals surface area contributed by atoms with E-state index in [2.05, 4.69) is 59.6 Å². The van der Waals surface area contributed by atoms with Crippen molar-refractivity contribution in [2.24, 2.45) is 0 Å². The van der Waals surface area contributed by atoms with Crippen LogP contribution >= 0.6 is 0 Å². The standard InChI is InChI=1S/C15H21N3/c1-18(2)12-14-7-4-3-6-13(14)10-16-11-15-8-5-9-17-15/h3-9,16-17H,10-12H2,1-2H3. The second kappa shape index (κ2) is 6.38. The van der Waals surface area contributed by atoms with Crippen LogP contribution < -0.4 is 5.32 Å². The number of nitrogens with one attached hydrogen (secondary N) is 2. The van der Waals surface area contributed by atoms with Crippen molar-refractivity contribution in [1.82, 2.24) is 15.2 Å². The van der Waals surface area contributed by atoms with Gasteiger partial charge in [-0.3, -0.25) is 0 Å². The van der Waals surface area contributed by atoms with E-state index in [4.69, 9.17) is 0 Å². The summed E-state index contributed by atoms with van der Waals surface area (Å²) >= 11 is 0. The maximum atomic E-state index is 3.47. The summed E-state index contributed by atoms with van der Waals surface area (Å²) in [4.78, 5) is 5.40.